The summed E-state index contributed by atoms with van der Waals surface area (Å²) < 4.78 is 30.2. The van der Waals surface area contributed by atoms with Gasteiger partial charge in [-0.25, -0.2) is 0 Å². The molecule has 0 amide bonds. The van der Waals surface area contributed by atoms with Crippen LogP contribution < -0.4 is 4.74 Å². The van der Waals surface area contributed by atoms with E-state index in [-0.39, 0.29) is 17.3 Å². The molecule has 1 aromatic carbocycles. The van der Waals surface area contributed by atoms with Gasteiger partial charge in [0.25, 0.3) is 0 Å². The number of alkyl halides is 2. The van der Waals surface area contributed by atoms with Gasteiger partial charge in [-0.05, 0) is 31.2 Å². The van der Waals surface area contributed by atoms with E-state index < -0.39 is 6.61 Å². The Morgan fingerprint density at radius 2 is 2.09 bits per heavy atom. The summed E-state index contributed by atoms with van der Waals surface area (Å²) in [5.74, 6) is 0.799. The molecule has 1 aromatic heterocycles. The summed E-state index contributed by atoms with van der Waals surface area (Å²) in [5.41, 5.74) is 0.422. The number of carbonyl (C=O) groups excluding carboxylic acids is 1. The molecule has 0 bridgehead atoms. The Bertz CT molecular complexity index is 687. The summed E-state index contributed by atoms with van der Waals surface area (Å²) >= 11 is 1.27. The summed E-state index contributed by atoms with van der Waals surface area (Å²) in [5, 5.41) is 8.62. The van der Waals surface area contributed by atoms with Crippen molar-refractivity contribution in [3.8, 4) is 5.75 Å². The molecule has 0 fully saturated rings. The van der Waals surface area contributed by atoms with Gasteiger partial charge in [-0.15, -0.1) is 16.8 Å². The van der Waals surface area contributed by atoms with Crippen LogP contribution >= 0.6 is 11.8 Å². The van der Waals surface area contributed by atoms with Crippen LogP contribution in [-0.4, -0.2) is 32.9 Å². The van der Waals surface area contributed by atoms with Gasteiger partial charge in [-0.1, -0.05) is 17.8 Å². The van der Waals surface area contributed by atoms with Crippen LogP contribution in [0.5, 0.6) is 5.75 Å². The first-order chi connectivity index (χ1) is 11.0. The van der Waals surface area contributed by atoms with Crippen molar-refractivity contribution in [2.45, 2.75) is 25.2 Å². The van der Waals surface area contributed by atoms with E-state index in [1.807, 2.05) is 11.5 Å². The molecule has 0 saturated heterocycles. The number of thioether (sulfide) groups is 1. The molecule has 8 heteroatoms. The molecule has 0 aliphatic heterocycles. The van der Waals surface area contributed by atoms with Gasteiger partial charge in [0.2, 0.25) is 0 Å². The molecule has 23 heavy (non-hydrogen) atoms. The van der Waals surface area contributed by atoms with E-state index >= 15 is 0 Å². The molecule has 0 atom stereocenters. The molecular weight excluding hydrogens is 324 g/mol. The van der Waals surface area contributed by atoms with Crippen molar-refractivity contribution in [1.29, 1.82) is 0 Å². The maximum Gasteiger partial charge on any atom is 0.387 e. The van der Waals surface area contributed by atoms with Crippen molar-refractivity contribution in [3.05, 3.63) is 48.3 Å². The number of nitrogens with zero attached hydrogens (tertiary/aromatic N) is 3. The Morgan fingerprint density at radius 1 is 1.39 bits per heavy atom. The first-order valence-corrected chi connectivity index (χ1v) is 7.71. The third-order valence-corrected chi connectivity index (χ3v) is 3.91. The van der Waals surface area contributed by atoms with E-state index in [0.29, 0.717) is 17.3 Å². The average molecular weight is 339 g/mol. The number of rotatable bonds is 8. The van der Waals surface area contributed by atoms with Crippen LogP contribution in [0.25, 0.3) is 0 Å². The SMILES string of the molecule is C=CCn1c(C)nnc1SCC(=O)c1ccc(OC(F)F)cc1. The molecule has 0 N–H and O–H groups in total. The molecular formula is C15H15F2N3O2S. The van der Waals surface area contributed by atoms with E-state index in [1.165, 1.54) is 36.0 Å². The van der Waals surface area contributed by atoms with E-state index in [0.717, 1.165) is 5.82 Å². The van der Waals surface area contributed by atoms with Crippen molar-refractivity contribution in [2.75, 3.05) is 5.75 Å². The average Bonchev–Trinajstić information content (AvgIpc) is 2.86. The van der Waals surface area contributed by atoms with Crippen LogP contribution in [0.2, 0.25) is 0 Å². The highest BCUT2D eigenvalue weighted by molar-refractivity contribution is 7.99. The highest BCUT2D eigenvalue weighted by Gasteiger charge is 2.13. The number of benzene rings is 1. The van der Waals surface area contributed by atoms with Gasteiger partial charge < -0.3 is 9.30 Å². The van der Waals surface area contributed by atoms with Gasteiger partial charge in [0, 0.05) is 12.1 Å². The summed E-state index contributed by atoms with van der Waals surface area (Å²) in [6.45, 7) is 3.18. The first-order valence-electron chi connectivity index (χ1n) is 6.73. The Hall–Kier alpha value is -2.22. The molecule has 0 aliphatic rings. The van der Waals surface area contributed by atoms with Crippen molar-refractivity contribution in [1.82, 2.24) is 14.8 Å². The van der Waals surface area contributed by atoms with Gasteiger partial charge in [0.05, 0.1) is 5.75 Å². The van der Waals surface area contributed by atoms with Gasteiger partial charge in [0.15, 0.2) is 10.9 Å². The van der Waals surface area contributed by atoms with Gasteiger partial charge in [-0.2, -0.15) is 8.78 Å². The molecule has 2 rings (SSSR count). The lowest BCUT2D eigenvalue weighted by Crippen LogP contribution is -2.06. The van der Waals surface area contributed by atoms with Gasteiger partial charge in [0.1, 0.15) is 11.6 Å². The van der Waals surface area contributed by atoms with Crippen LogP contribution in [0.4, 0.5) is 8.78 Å². The minimum atomic E-state index is -2.88. The van der Waals surface area contributed by atoms with Crippen molar-refractivity contribution < 1.29 is 18.3 Å². The number of carbonyl (C=O) groups is 1. The third kappa shape index (κ3) is 4.62. The standard InChI is InChI=1S/C15H15F2N3O2S/c1-3-8-20-10(2)18-19-15(20)23-9-13(21)11-4-6-12(7-5-11)22-14(16)17/h3-7,14H,1,8-9H2,2H3. The van der Waals surface area contributed by atoms with Crippen molar-refractivity contribution in [3.63, 3.8) is 0 Å². The summed E-state index contributed by atoms with van der Waals surface area (Å²) in [7, 11) is 0. The molecule has 0 saturated carbocycles. The summed E-state index contributed by atoms with van der Waals surface area (Å²) in [6.07, 6.45) is 1.73. The highest BCUT2D eigenvalue weighted by Crippen LogP contribution is 2.20. The normalized spacial score (nSPS) is 10.8. The van der Waals surface area contributed by atoms with Crippen LogP contribution in [0.3, 0.4) is 0 Å². The lowest BCUT2D eigenvalue weighted by Gasteiger charge is -2.06. The smallest absolute Gasteiger partial charge is 0.387 e. The minimum Gasteiger partial charge on any atom is -0.435 e. The molecule has 2 aromatic rings. The van der Waals surface area contributed by atoms with Crippen molar-refractivity contribution in [2.24, 2.45) is 0 Å². The minimum absolute atomic E-state index is 0.0190. The maximum absolute atomic E-state index is 12.1. The molecule has 0 spiro atoms. The predicted octanol–water partition coefficient (Wildman–Crippen LogP) is 3.35. The monoisotopic (exact) mass is 339 g/mol. The van der Waals surface area contributed by atoms with Gasteiger partial charge >= 0.3 is 6.61 Å². The van der Waals surface area contributed by atoms with Crippen LogP contribution in [-0.2, 0) is 6.54 Å². The Kier molecular flexibility index (Phi) is 5.86. The second-order valence-electron chi connectivity index (χ2n) is 4.54. The van der Waals surface area contributed by atoms with Crippen LogP contribution in [0, 0.1) is 6.92 Å². The number of halogens is 2. The highest BCUT2D eigenvalue weighted by atomic mass is 32.2. The lowest BCUT2D eigenvalue weighted by molar-refractivity contribution is -0.0498. The fourth-order valence-corrected chi connectivity index (χ4v) is 2.73. The number of hydrogen-bond acceptors (Lipinski definition) is 5. The number of Topliss-reactive ketones (excluding diaryl/α,β-unsaturated/α-hetero) is 1. The molecule has 0 unspecified atom stereocenters. The summed E-state index contributed by atoms with van der Waals surface area (Å²) in [6, 6.07) is 5.60. The number of hydrogen-bond donors (Lipinski definition) is 0. The zero-order valence-electron chi connectivity index (χ0n) is 12.4. The number of ketones is 1. The molecule has 122 valence electrons. The Balaban J connectivity index is 1.98. The number of aromatic nitrogens is 3. The quantitative estimate of drug-likeness (QED) is 0.419. The van der Waals surface area contributed by atoms with Crippen molar-refractivity contribution >= 4 is 17.5 Å². The fraction of sp³-hybridized carbons (Fsp3) is 0.267. The topological polar surface area (TPSA) is 57.0 Å². The van der Waals surface area contributed by atoms with Gasteiger partial charge in [-0.3, -0.25) is 4.79 Å². The molecule has 0 radical (unpaired) electrons. The molecule has 5 nitrogen and oxygen atoms in total. The number of allylic oxidation sites excluding steroid dienone is 1. The van der Waals surface area contributed by atoms with Crippen LogP contribution in [0.15, 0.2) is 42.1 Å². The second-order valence-corrected chi connectivity index (χ2v) is 5.49. The third-order valence-electron chi connectivity index (χ3n) is 2.95. The van der Waals surface area contributed by atoms with E-state index in [4.69, 9.17) is 0 Å². The van der Waals surface area contributed by atoms with E-state index in [9.17, 15) is 13.6 Å². The Labute approximate surface area is 136 Å². The largest absolute Gasteiger partial charge is 0.435 e. The summed E-state index contributed by atoms with van der Waals surface area (Å²) in [4.78, 5) is 12.1. The lowest BCUT2D eigenvalue weighted by atomic mass is 10.1. The van der Waals surface area contributed by atoms with Crippen LogP contribution in [0.1, 0.15) is 16.2 Å². The number of ether oxygens (including phenoxy) is 1. The molecule has 0 aliphatic carbocycles. The number of aryl methyl sites for hydroxylation is 1. The maximum atomic E-state index is 12.1. The Morgan fingerprint density at radius 3 is 2.70 bits per heavy atom. The van der Waals surface area contributed by atoms with E-state index in [1.54, 1.807) is 6.08 Å². The van der Waals surface area contributed by atoms with E-state index in [2.05, 4.69) is 21.5 Å². The fourth-order valence-electron chi connectivity index (χ4n) is 1.84. The zero-order valence-corrected chi connectivity index (χ0v) is 13.2. The first kappa shape index (κ1) is 17.1. The molecule has 1 heterocycles. The predicted molar refractivity (Wildman–Crippen MR) is 83.1 cm³/mol. The zero-order chi connectivity index (χ0) is 16.8. The second kappa shape index (κ2) is 7.87.